The maximum Gasteiger partial charge on any atom is 0.271 e. The summed E-state index contributed by atoms with van der Waals surface area (Å²) in [6.07, 6.45) is 1.56. The molecule has 37 heavy (non-hydrogen) atoms. The molecule has 0 atom stereocenters. The molecule has 0 saturated heterocycles. The number of hydrogen-bond acceptors (Lipinski definition) is 4. The Bertz CT molecular complexity index is 1580. The summed E-state index contributed by atoms with van der Waals surface area (Å²) in [5.41, 5.74) is 6.64. The monoisotopic (exact) mass is 554 g/mol. The molecule has 0 fully saturated rings. The van der Waals surface area contributed by atoms with Crippen molar-refractivity contribution in [3.63, 3.8) is 0 Å². The molecule has 0 unspecified atom stereocenters. The van der Waals surface area contributed by atoms with Gasteiger partial charge in [-0.25, -0.2) is 13.8 Å². The number of rotatable bonds is 7. The van der Waals surface area contributed by atoms with Crippen molar-refractivity contribution in [3.05, 3.63) is 111 Å². The maximum atomic E-state index is 12.8. The second-order valence-corrected chi connectivity index (χ2v) is 11.1. The molecule has 1 heterocycles. The van der Waals surface area contributed by atoms with Crippen LogP contribution in [-0.4, -0.2) is 32.2 Å². The second-order valence-electron chi connectivity index (χ2n) is 8.29. The summed E-state index contributed by atoms with van der Waals surface area (Å²) < 4.78 is 28.8. The van der Waals surface area contributed by atoms with E-state index in [1.54, 1.807) is 66.9 Å². The standard InChI is InChI=1S/C27H24Cl2N4O3S/c1-18-15-21(19(2)33(18)26-16-22(28)11-14-25(26)29)17-30-31-27(34)20-9-12-23(13-10-20)32(3)37(35,36)24-7-5-4-6-8-24/h4-17H,1-3H3,(H,31,34)/b30-17-. The third-order valence-electron chi connectivity index (χ3n) is 5.88. The van der Waals surface area contributed by atoms with Gasteiger partial charge < -0.3 is 4.57 Å². The number of hydrogen-bond donors (Lipinski definition) is 1. The summed E-state index contributed by atoms with van der Waals surface area (Å²) >= 11 is 12.5. The van der Waals surface area contributed by atoms with Crippen LogP contribution in [0.4, 0.5) is 5.69 Å². The van der Waals surface area contributed by atoms with Crippen molar-refractivity contribution in [3.8, 4) is 5.69 Å². The number of anilines is 1. The number of aromatic nitrogens is 1. The van der Waals surface area contributed by atoms with Gasteiger partial charge in [-0.15, -0.1) is 0 Å². The molecule has 1 amide bonds. The molecule has 1 N–H and O–H groups in total. The van der Waals surface area contributed by atoms with Crippen LogP contribution < -0.4 is 9.73 Å². The van der Waals surface area contributed by atoms with Crippen molar-refractivity contribution in [1.29, 1.82) is 0 Å². The Morgan fingerprint density at radius 2 is 1.65 bits per heavy atom. The largest absolute Gasteiger partial charge is 0.316 e. The average Bonchev–Trinajstić information content (AvgIpc) is 3.18. The van der Waals surface area contributed by atoms with Crippen LogP contribution in [0.3, 0.4) is 0 Å². The molecule has 0 bridgehead atoms. The second kappa shape index (κ2) is 10.8. The Hall–Kier alpha value is -3.59. The molecule has 190 valence electrons. The minimum Gasteiger partial charge on any atom is -0.316 e. The molecule has 1 aromatic heterocycles. The van der Waals surface area contributed by atoms with E-state index >= 15 is 0 Å². The smallest absolute Gasteiger partial charge is 0.271 e. The van der Waals surface area contributed by atoms with Gasteiger partial charge in [-0.1, -0.05) is 41.4 Å². The lowest BCUT2D eigenvalue weighted by Gasteiger charge is -2.19. The van der Waals surface area contributed by atoms with Crippen LogP contribution >= 0.6 is 23.2 Å². The Labute approximate surface area is 226 Å². The van der Waals surface area contributed by atoms with E-state index in [1.165, 1.54) is 23.5 Å². The summed E-state index contributed by atoms with van der Waals surface area (Å²) in [6.45, 7) is 3.86. The van der Waals surface area contributed by atoms with Crippen molar-refractivity contribution in [2.75, 3.05) is 11.4 Å². The summed E-state index contributed by atoms with van der Waals surface area (Å²) in [4.78, 5) is 12.8. The number of aryl methyl sites for hydroxylation is 1. The zero-order valence-electron chi connectivity index (χ0n) is 20.3. The van der Waals surface area contributed by atoms with Crippen LogP contribution in [0.25, 0.3) is 5.69 Å². The predicted octanol–water partition coefficient (Wildman–Crippen LogP) is 5.99. The lowest BCUT2D eigenvalue weighted by atomic mass is 10.2. The third-order valence-corrected chi connectivity index (χ3v) is 8.24. The van der Waals surface area contributed by atoms with E-state index in [9.17, 15) is 13.2 Å². The first kappa shape index (κ1) is 26.5. The first-order chi connectivity index (χ1) is 17.6. The molecule has 10 heteroatoms. The minimum absolute atomic E-state index is 0.186. The van der Waals surface area contributed by atoms with E-state index in [2.05, 4.69) is 10.5 Å². The molecule has 0 radical (unpaired) electrons. The van der Waals surface area contributed by atoms with E-state index in [0.717, 1.165) is 22.6 Å². The van der Waals surface area contributed by atoms with Gasteiger partial charge in [-0.05, 0) is 74.5 Å². The van der Waals surface area contributed by atoms with Gasteiger partial charge in [0.25, 0.3) is 15.9 Å². The fourth-order valence-electron chi connectivity index (χ4n) is 3.88. The van der Waals surface area contributed by atoms with Gasteiger partial charge in [0.05, 0.1) is 27.5 Å². The summed E-state index contributed by atoms with van der Waals surface area (Å²) in [5, 5.41) is 5.24. The fraction of sp³-hybridized carbons (Fsp3) is 0.111. The van der Waals surface area contributed by atoms with E-state index < -0.39 is 15.9 Å². The molecule has 3 aromatic carbocycles. The molecule has 0 aliphatic rings. The number of halogens is 2. The summed E-state index contributed by atoms with van der Waals surface area (Å²) in [6, 6.07) is 21.6. The molecular formula is C27H24Cl2N4O3S. The van der Waals surface area contributed by atoms with Gasteiger partial charge >= 0.3 is 0 Å². The molecule has 4 aromatic rings. The zero-order chi connectivity index (χ0) is 26.7. The summed E-state index contributed by atoms with van der Waals surface area (Å²) in [7, 11) is -2.24. The van der Waals surface area contributed by atoms with Gasteiger partial charge in [0.1, 0.15) is 0 Å². The van der Waals surface area contributed by atoms with Crippen LogP contribution in [0, 0.1) is 13.8 Å². The molecule has 7 nitrogen and oxygen atoms in total. The molecular weight excluding hydrogens is 531 g/mol. The molecule has 0 saturated carbocycles. The van der Waals surface area contributed by atoms with Gasteiger partial charge in [0, 0.05) is 34.6 Å². The first-order valence-electron chi connectivity index (χ1n) is 11.2. The predicted molar refractivity (Wildman–Crippen MR) is 149 cm³/mol. The SMILES string of the molecule is Cc1cc(/C=N\NC(=O)c2ccc(N(C)S(=O)(=O)c3ccccc3)cc2)c(C)n1-c1cc(Cl)ccc1Cl. The topological polar surface area (TPSA) is 83.8 Å². The van der Waals surface area contributed by atoms with Crippen molar-refractivity contribution >= 4 is 51.0 Å². The van der Waals surface area contributed by atoms with Crippen LogP contribution in [0.15, 0.2) is 88.9 Å². The Kier molecular flexibility index (Phi) is 7.73. The number of nitrogens with zero attached hydrogens (tertiary/aromatic N) is 3. The third kappa shape index (κ3) is 5.56. The number of carbonyl (C=O) groups is 1. The number of benzene rings is 3. The van der Waals surface area contributed by atoms with Crippen LogP contribution in [-0.2, 0) is 10.0 Å². The molecule has 0 spiro atoms. The lowest BCUT2D eigenvalue weighted by Crippen LogP contribution is -2.26. The number of nitrogens with one attached hydrogen (secondary N) is 1. The van der Waals surface area contributed by atoms with Crippen LogP contribution in [0.5, 0.6) is 0 Å². The van der Waals surface area contributed by atoms with E-state index in [0.29, 0.717) is 21.3 Å². The highest BCUT2D eigenvalue weighted by Gasteiger charge is 2.21. The van der Waals surface area contributed by atoms with Crippen LogP contribution in [0.2, 0.25) is 10.0 Å². The summed E-state index contributed by atoms with van der Waals surface area (Å²) in [5.74, 6) is -0.428. The lowest BCUT2D eigenvalue weighted by molar-refractivity contribution is 0.0955. The molecule has 0 aliphatic heterocycles. The van der Waals surface area contributed by atoms with Crippen LogP contribution in [0.1, 0.15) is 27.3 Å². The van der Waals surface area contributed by atoms with E-state index in [4.69, 9.17) is 23.2 Å². The van der Waals surface area contributed by atoms with Crippen molar-refractivity contribution in [2.24, 2.45) is 5.10 Å². The molecule has 4 rings (SSSR count). The number of carbonyl (C=O) groups excluding carboxylic acids is 1. The minimum atomic E-state index is -3.71. The highest BCUT2D eigenvalue weighted by Crippen LogP contribution is 2.28. The quantitative estimate of drug-likeness (QED) is 0.225. The zero-order valence-corrected chi connectivity index (χ0v) is 22.6. The van der Waals surface area contributed by atoms with Crippen molar-refractivity contribution in [1.82, 2.24) is 9.99 Å². The number of amides is 1. The van der Waals surface area contributed by atoms with Gasteiger partial charge in [-0.3, -0.25) is 9.10 Å². The Morgan fingerprint density at radius 1 is 0.973 bits per heavy atom. The number of sulfonamides is 1. The average molecular weight is 555 g/mol. The van der Waals surface area contributed by atoms with Crippen molar-refractivity contribution < 1.29 is 13.2 Å². The number of hydrazone groups is 1. The molecule has 0 aliphatic carbocycles. The van der Waals surface area contributed by atoms with Gasteiger partial charge in [-0.2, -0.15) is 5.10 Å². The first-order valence-corrected chi connectivity index (χ1v) is 13.4. The Balaban J connectivity index is 1.46. The highest BCUT2D eigenvalue weighted by molar-refractivity contribution is 7.92. The normalized spacial score (nSPS) is 11.6. The van der Waals surface area contributed by atoms with Crippen molar-refractivity contribution in [2.45, 2.75) is 18.7 Å². The van der Waals surface area contributed by atoms with Gasteiger partial charge in [0.2, 0.25) is 0 Å². The van der Waals surface area contributed by atoms with E-state index in [1.807, 2.05) is 24.5 Å². The Morgan fingerprint density at radius 3 is 2.32 bits per heavy atom. The van der Waals surface area contributed by atoms with Gasteiger partial charge in [0.15, 0.2) is 0 Å². The highest BCUT2D eigenvalue weighted by atomic mass is 35.5. The maximum absolute atomic E-state index is 12.8. The fourth-order valence-corrected chi connectivity index (χ4v) is 5.47. The van der Waals surface area contributed by atoms with E-state index in [-0.39, 0.29) is 4.90 Å².